The lowest BCUT2D eigenvalue weighted by Gasteiger charge is -1.94. The van der Waals surface area contributed by atoms with Crippen molar-refractivity contribution in [1.29, 1.82) is 0 Å². The summed E-state index contributed by atoms with van der Waals surface area (Å²) in [5, 5.41) is 8.04. The third-order valence-electron chi connectivity index (χ3n) is 0.661. The molecule has 1 heterocycles. The van der Waals surface area contributed by atoms with Gasteiger partial charge in [-0.05, 0) is 11.1 Å². The van der Waals surface area contributed by atoms with E-state index in [0.717, 1.165) is 0 Å². The highest BCUT2D eigenvalue weighted by atomic mass is 17.7. The molecule has 1 aliphatic heterocycles. The summed E-state index contributed by atoms with van der Waals surface area (Å²) < 4.78 is 0. The zero-order valence-corrected chi connectivity index (χ0v) is 4.65. The number of hydrogen-bond donors (Lipinski definition) is 0. The van der Waals surface area contributed by atoms with Crippen LogP contribution >= 0.6 is 0 Å². The summed E-state index contributed by atoms with van der Waals surface area (Å²) in [6, 6.07) is 0. The van der Waals surface area contributed by atoms with E-state index in [0.29, 0.717) is 6.61 Å². The van der Waals surface area contributed by atoms with Crippen molar-refractivity contribution in [2.24, 2.45) is 0 Å². The summed E-state index contributed by atoms with van der Waals surface area (Å²) in [6.45, 7) is 0.341. The van der Waals surface area contributed by atoms with Gasteiger partial charge < -0.3 is 4.89 Å². The van der Waals surface area contributed by atoms with Gasteiger partial charge in [-0.25, -0.2) is 0 Å². The fraction of sp³-hybridized carbons (Fsp3) is 0.200. The fourth-order valence-corrected chi connectivity index (χ4v) is 0.337. The van der Waals surface area contributed by atoms with Crippen LogP contribution in [0.5, 0.6) is 0 Å². The van der Waals surface area contributed by atoms with Crippen molar-refractivity contribution in [1.82, 2.24) is 0 Å². The Kier molecular flexibility index (Phi) is 2.85. The van der Waals surface area contributed by atoms with Gasteiger partial charge in [0.15, 0.2) is 0 Å². The first-order valence-electron chi connectivity index (χ1n) is 2.43. The SMILES string of the molecule is C1=CCOOOOC=C1. The standard InChI is InChI=1S/C5H6O4/c1-2-4-6-8-9-7-5-3-1/h1-4H,5H2. The average molecular weight is 130 g/mol. The van der Waals surface area contributed by atoms with Crippen molar-refractivity contribution in [3.8, 4) is 0 Å². The largest absolute Gasteiger partial charge is 0.314 e. The Balaban J connectivity index is 2.28. The van der Waals surface area contributed by atoms with Crippen LogP contribution < -0.4 is 0 Å². The first kappa shape index (κ1) is 6.28. The maximum absolute atomic E-state index is 4.38. The molecule has 0 unspecified atom stereocenters. The van der Waals surface area contributed by atoms with Crippen molar-refractivity contribution in [3.05, 3.63) is 24.5 Å². The van der Waals surface area contributed by atoms with Gasteiger partial charge in [0, 0.05) is 5.04 Å². The van der Waals surface area contributed by atoms with Gasteiger partial charge >= 0.3 is 0 Å². The van der Waals surface area contributed by atoms with Crippen LogP contribution in [0.4, 0.5) is 0 Å². The second-order valence-electron chi connectivity index (χ2n) is 1.27. The lowest BCUT2D eigenvalue weighted by atomic mass is 10.5. The number of hydrogen-bond acceptors (Lipinski definition) is 4. The highest BCUT2D eigenvalue weighted by Crippen LogP contribution is 1.89. The van der Waals surface area contributed by atoms with E-state index in [2.05, 4.69) is 19.9 Å². The second-order valence-corrected chi connectivity index (χ2v) is 1.27. The van der Waals surface area contributed by atoms with E-state index in [9.17, 15) is 0 Å². The average Bonchev–Trinajstić information content (AvgIpc) is 2.00. The Morgan fingerprint density at radius 2 is 2.11 bits per heavy atom. The van der Waals surface area contributed by atoms with Gasteiger partial charge in [0.05, 0.1) is 0 Å². The van der Waals surface area contributed by atoms with Gasteiger partial charge in [-0.1, -0.05) is 12.2 Å². The molecule has 0 aromatic carbocycles. The smallest absolute Gasteiger partial charge is 0.132 e. The van der Waals surface area contributed by atoms with Crippen LogP contribution in [0.25, 0.3) is 0 Å². The second kappa shape index (κ2) is 4.08. The Morgan fingerprint density at radius 3 is 3.11 bits per heavy atom. The van der Waals surface area contributed by atoms with Crippen molar-refractivity contribution in [3.63, 3.8) is 0 Å². The summed E-state index contributed by atoms with van der Waals surface area (Å²) in [5.74, 6) is 0. The van der Waals surface area contributed by atoms with E-state index in [1.165, 1.54) is 6.26 Å². The summed E-state index contributed by atoms with van der Waals surface area (Å²) in [6.07, 6.45) is 6.47. The Morgan fingerprint density at radius 1 is 1.11 bits per heavy atom. The highest BCUT2D eigenvalue weighted by molar-refractivity contribution is 4.99. The van der Waals surface area contributed by atoms with Crippen LogP contribution in [0.3, 0.4) is 0 Å². The number of rotatable bonds is 0. The van der Waals surface area contributed by atoms with Crippen LogP contribution in [0, 0.1) is 0 Å². The number of allylic oxidation sites excluding steroid dienone is 2. The topological polar surface area (TPSA) is 36.9 Å². The minimum atomic E-state index is 0.341. The van der Waals surface area contributed by atoms with Gasteiger partial charge in [-0.2, -0.15) is 4.89 Å². The monoisotopic (exact) mass is 130 g/mol. The molecule has 0 saturated heterocycles. The lowest BCUT2D eigenvalue weighted by molar-refractivity contribution is -0.619. The normalized spacial score (nSPS) is 19.6. The summed E-state index contributed by atoms with van der Waals surface area (Å²) >= 11 is 0. The van der Waals surface area contributed by atoms with Crippen LogP contribution in [0.15, 0.2) is 24.5 Å². The van der Waals surface area contributed by atoms with E-state index >= 15 is 0 Å². The van der Waals surface area contributed by atoms with E-state index in [4.69, 9.17) is 0 Å². The maximum atomic E-state index is 4.38. The summed E-state index contributed by atoms with van der Waals surface area (Å²) in [4.78, 5) is 8.66. The van der Waals surface area contributed by atoms with E-state index < -0.39 is 0 Å². The Labute approximate surface area is 52.1 Å². The first-order valence-corrected chi connectivity index (χ1v) is 2.43. The Hall–Kier alpha value is -0.840. The third-order valence-corrected chi connectivity index (χ3v) is 0.661. The van der Waals surface area contributed by atoms with E-state index in [1.807, 2.05) is 0 Å². The molecule has 0 amide bonds. The molecule has 50 valence electrons. The van der Waals surface area contributed by atoms with Gasteiger partial charge in [0.1, 0.15) is 12.9 Å². The molecule has 0 aromatic rings. The molecular formula is C5H6O4. The van der Waals surface area contributed by atoms with Crippen molar-refractivity contribution < 1.29 is 19.9 Å². The molecule has 9 heavy (non-hydrogen) atoms. The Bertz CT molecular complexity index is 104. The minimum absolute atomic E-state index is 0.341. The molecular weight excluding hydrogens is 124 g/mol. The zero-order chi connectivity index (χ0) is 6.36. The zero-order valence-electron chi connectivity index (χ0n) is 4.65. The lowest BCUT2D eigenvalue weighted by Crippen LogP contribution is -1.93. The molecule has 0 spiro atoms. The molecule has 0 aromatic heterocycles. The maximum Gasteiger partial charge on any atom is 0.132 e. The predicted molar refractivity (Wildman–Crippen MR) is 27.5 cm³/mol. The predicted octanol–water partition coefficient (Wildman–Crippen LogP) is 0.881. The molecule has 0 atom stereocenters. The van der Waals surface area contributed by atoms with Gasteiger partial charge in [-0.3, -0.25) is 0 Å². The molecule has 4 nitrogen and oxygen atoms in total. The quantitative estimate of drug-likeness (QED) is 0.456. The molecule has 0 radical (unpaired) electrons. The summed E-state index contributed by atoms with van der Waals surface area (Å²) in [7, 11) is 0. The van der Waals surface area contributed by atoms with E-state index in [-0.39, 0.29) is 0 Å². The highest BCUT2D eigenvalue weighted by Gasteiger charge is 1.86. The summed E-state index contributed by atoms with van der Waals surface area (Å²) in [5.41, 5.74) is 0. The van der Waals surface area contributed by atoms with Crippen LogP contribution in [-0.2, 0) is 19.9 Å². The van der Waals surface area contributed by atoms with Crippen LogP contribution in [-0.4, -0.2) is 6.61 Å². The molecule has 0 fully saturated rings. The van der Waals surface area contributed by atoms with Crippen LogP contribution in [0.1, 0.15) is 0 Å². The molecule has 0 bridgehead atoms. The molecule has 1 aliphatic rings. The third kappa shape index (κ3) is 2.86. The van der Waals surface area contributed by atoms with Crippen molar-refractivity contribution >= 4 is 0 Å². The van der Waals surface area contributed by atoms with Gasteiger partial charge in [0.2, 0.25) is 0 Å². The molecule has 1 rings (SSSR count). The van der Waals surface area contributed by atoms with Crippen molar-refractivity contribution in [2.45, 2.75) is 0 Å². The van der Waals surface area contributed by atoms with Crippen molar-refractivity contribution in [2.75, 3.05) is 6.61 Å². The molecule has 0 saturated carbocycles. The first-order chi connectivity index (χ1) is 4.50. The van der Waals surface area contributed by atoms with Crippen LogP contribution in [0.2, 0.25) is 0 Å². The van der Waals surface area contributed by atoms with Gasteiger partial charge in [-0.15, -0.1) is 0 Å². The minimum Gasteiger partial charge on any atom is -0.314 e. The molecule has 0 N–H and O–H groups in total. The molecule has 0 aliphatic carbocycles. The van der Waals surface area contributed by atoms with E-state index in [1.54, 1.807) is 18.2 Å². The fourth-order valence-electron chi connectivity index (χ4n) is 0.337. The van der Waals surface area contributed by atoms with Gasteiger partial charge in [0.25, 0.3) is 0 Å². The molecule has 4 heteroatoms.